The Bertz CT molecular complexity index is 2070. The van der Waals surface area contributed by atoms with Crippen LogP contribution in [-0.2, 0) is 29.0 Å². The molecule has 1 aliphatic rings. The molecule has 1 fully saturated rings. The van der Waals surface area contributed by atoms with Crippen LogP contribution in [0.15, 0.2) is 90.0 Å². The van der Waals surface area contributed by atoms with Crippen LogP contribution in [0.25, 0.3) is 11.2 Å². The minimum absolute atomic E-state index is 0.00918. The van der Waals surface area contributed by atoms with Crippen molar-refractivity contribution in [1.82, 2.24) is 24.4 Å². The summed E-state index contributed by atoms with van der Waals surface area (Å²) in [7, 11) is 0.170. The van der Waals surface area contributed by atoms with E-state index >= 15 is 0 Å². The van der Waals surface area contributed by atoms with Gasteiger partial charge in [0.2, 0.25) is 11.9 Å². The van der Waals surface area contributed by atoms with Crippen LogP contribution in [0.1, 0.15) is 64.0 Å². The van der Waals surface area contributed by atoms with Gasteiger partial charge < -0.3 is 23.8 Å². The molecule has 3 N–H and O–H groups in total. The fourth-order valence-corrected chi connectivity index (χ4v) is 7.10. The van der Waals surface area contributed by atoms with Gasteiger partial charge in [0.1, 0.15) is 17.1 Å². The van der Waals surface area contributed by atoms with E-state index in [0.717, 1.165) is 16.7 Å². The Morgan fingerprint density at radius 3 is 2.02 bits per heavy atom. The molecule has 6 rings (SSSR count). The molecule has 16 heteroatoms. The molecule has 1 aliphatic heterocycles. The van der Waals surface area contributed by atoms with Crippen molar-refractivity contribution < 1.29 is 37.7 Å². The maximum Gasteiger partial charge on any atom is 0.695 e. The molecule has 15 nitrogen and oxygen atoms in total. The number of fused-ring (bicyclic) bond motifs is 1. The number of ether oxygens (including phenoxy) is 4. The average molecular weight is 804 g/mol. The number of nitrogens with zero attached hydrogens (tertiary/aromatic N) is 4. The zero-order valence-electron chi connectivity index (χ0n) is 33.4. The molecular weight excluding hydrogens is 751 g/mol. The molecule has 0 saturated carbocycles. The fraction of sp³-hybridized carbons (Fsp3) is 0.415. The molecular formula is C41H52N6O9P+. The molecule has 0 radical (unpaired) electrons. The van der Waals surface area contributed by atoms with Crippen LogP contribution < -0.4 is 20.3 Å². The van der Waals surface area contributed by atoms with Gasteiger partial charge in [-0.25, -0.2) is 4.98 Å². The number of H-pyrrole nitrogens is 1. The van der Waals surface area contributed by atoms with Gasteiger partial charge >= 0.3 is 8.25 Å². The minimum Gasteiger partial charge on any atom is -0.497 e. The number of aromatic nitrogens is 4. The number of rotatable bonds is 16. The molecule has 0 aliphatic carbocycles. The maximum absolute atomic E-state index is 12.9. The van der Waals surface area contributed by atoms with E-state index in [0.29, 0.717) is 11.5 Å². The van der Waals surface area contributed by atoms with Gasteiger partial charge in [-0.3, -0.25) is 24.5 Å². The average Bonchev–Trinajstić information content (AvgIpc) is 3.83. The highest BCUT2D eigenvalue weighted by Gasteiger charge is 2.46. The standard InChI is InChI=1S/C35H36N5O9P.C6H15N/c1-21(2)31(41)38-34-37-30-29(32(42)39-34)36-20-40(30)33-28(49-50(43)44)18-27(48-33)19-47-35(22-8-6-5-7-9-22,23-10-14-25(45-3)15-11-23)24-12-16-26(46-4)17-13-24;1-4-7(5-2)6-3/h5-17,20-21,27-28,33H,18-19H2,1-4H3,(H2-,37,38,39,41,42,43,44);4-6H2,1-3H3/p+1/t27-,28-,33+;/m0./s1. The van der Waals surface area contributed by atoms with Crippen molar-refractivity contribution in [2.24, 2.45) is 5.92 Å². The number of methoxy groups -OCH3 is 2. The van der Waals surface area contributed by atoms with Gasteiger partial charge in [-0.05, 0) is 60.6 Å². The minimum atomic E-state index is -3.03. The number of benzene rings is 3. The molecule has 3 heterocycles. The predicted molar refractivity (Wildman–Crippen MR) is 217 cm³/mol. The van der Waals surface area contributed by atoms with Crippen LogP contribution >= 0.6 is 8.25 Å². The summed E-state index contributed by atoms with van der Waals surface area (Å²) in [6.45, 7) is 13.6. The topological polar surface area (TPSA) is 179 Å². The van der Waals surface area contributed by atoms with Crippen LogP contribution in [0.4, 0.5) is 5.95 Å². The van der Waals surface area contributed by atoms with Crippen molar-refractivity contribution in [2.45, 2.75) is 65.1 Å². The lowest BCUT2D eigenvalue weighted by Crippen LogP contribution is -2.35. The molecule has 5 aromatic rings. The first-order valence-corrected chi connectivity index (χ1v) is 20.1. The summed E-state index contributed by atoms with van der Waals surface area (Å²) in [6.07, 6.45) is -1.12. The second kappa shape index (κ2) is 19.9. The van der Waals surface area contributed by atoms with Gasteiger partial charge in [0.05, 0.1) is 33.3 Å². The number of anilines is 1. The number of amides is 1. The van der Waals surface area contributed by atoms with Crippen LogP contribution in [0.2, 0.25) is 0 Å². The van der Waals surface area contributed by atoms with Crippen LogP contribution in [0, 0.1) is 5.92 Å². The summed E-state index contributed by atoms with van der Waals surface area (Å²) in [5, 5.41) is 2.59. The molecule has 0 spiro atoms. The zero-order valence-corrected chi connectivity index (χ0v) is 34.3. The van der Waals surface area contributed by atoms with Crippen LogP contribution in [0.3, 0.4) is 0 Å². The van der Waals surface area contributed by atoms with Gasteiger partial charge in [0.25, 0.3) is 5.56 Å². The smallest absolute Gasteiger partial charge is 0.497 e. The van der Waals surface area contributed by atoms with Crippen molar-refractivity contribution in [3.8, 4) is 11.5 Å². The lowest BCUT2D eigenvalue weighted by Gasteiger charge is -2.37. The van der Waals surface area contributed by atoms with Crippen molar-refractivity contribution in [3.05, 3.63) is 112 Å². The second-order valence-electron chi connectivity index (χ2n) is 13.6. The predicted octanol–water partition coefficient (Wildman–Crippen LogP) is 6.41. The summed E-state index contributed by atoms with van der Waals surface area (Å²) in [5.41, 5.74) is 0.839. The molecule has 3 aromatic carbocycles. The monoisotopic (exact) mass is 803 g/mol. The van der Waals surface area contributed by atoms with Gasteiger partial charge in [0, 0.05) is 16.9 Å². The Morgan fingerprint density at radius 1 is 0.965 bits per heavy atom. The fourth-order valence-electron chi connectivity index (χ4n) is 6.67. The maximum atomic E-state index is 12.9. The van der Waals surface area contributed by atoms with E-state index in [-0.39, 0.29) is 42.0 Å². The van der Waals surface area contributed by atoms with Crippen LogP contribution in [0.5, 0.6) is 11.5 Å². The Morgan fingerprint density at radius 2 is 1.53 bits per heavy atom. The number of carbonyl (C=O) groups is 1. The third-order valence-corrected chi connectivity index (χ3v) is 10.3. The van der Waals surface area contributed by atoms with E-state index < -0.39 is 37.9 Å². The summed E-state index contributed by atoms with van der Waals surface area (Å²) in [5.74, 6) is 0.576. The number of aromatic amines is 1. The molecule has 1 unspecified atom stereocenters. The third kappa shape index (κ3) is 10.1. The number of hydrogen-bond donors (Lipinski definition) is 3. The SMILES string of the molecule is CCN(CC)CC.COc1ccc(C(OC[C@@H]2C[C@H](O[P+](=O)O)[C@H](n3cnc4c(=O)[nH]c(NC(=O)C(C)C)nc43)O2)(c2ccccc2)c2ccc(OC)cc2)cc1. The summed E-state index contributed by atoms with van der Waals surface area (Å²) in [6, 6.07) is 24.9. The third-order valence-electron chi connectivity index (χ3n) is 9.84. The van der Waals surface area contributed by atoms with E-state index in [4.69, 9.17) is 23.5 Å². The van der Waals surface area contributed by atoms with Gasteiger partial charge in [-0.2, -0.15) is 4.98 Å². The highest BCUT2D eigenvalue weighted by molar-refractivity contribution is 7.32. The van der Waals surface area contributed by atoms with Crippen molar-refractivity contribution in [3.63, 3.8) is 0 Å². The number of nitrogens with one attached hydrogen (secondary N) is 2. The van der Waals surface area contributed by atoms with Gasteiger partial charge in [-0.15, -0.1) is 9.42 Å². The van der Waals surface area contributed by atoms with Crippen LogP contribution in [-0.4, -0.2) is 87.9 Å². The number of imidazole rings is 1. The quantitative estimate of drug-likeness (QED) is 0.0739. The lowest BCUT2D eigenvalue weighted by atomic mass is 9.80. The normalized spacial score (nSPS) is 17.0. The molecule has 1 saturated heterocycles. The highest BCUT2D eigenvalue weighted by Crippen LogP contribution is 2.44. The Labute approximate surface area is 333 Å². The number of carbonyl (C=O) groups excluding carboxylic acids is 1. The molecule has 0 bridgehead atoms. The first-order chi connectivity index (χ1) is 27.5. The van der Waals surface area contributed by atoms with Crippen molar-refractivity contribution in [1.29, 1.82) is 0 Å². The van der Waals surface area contributed by atoms with Gasteiger partial charge in [-0.1, -0.05) is 89.2 Å². The largest absolute Gasteiger partial charge is 0.695 e. The van der Waals surface area contributed by atoms with Gasteiger partial charge in [0.15, 0.2) is 23.5 Å². The molecule has 304 valence electrons. The molecule has 57 heavy (non-hydrogen) atoms. The van der Waals surface area contributed by atoms with E-state index in [1.165, 1.54) is 30.5 Å². The lowest BCUT2D eigenvalue weighted by molar-refractivity contribution is -0.118. The second-order valence-corrected chi connectivity index (χ2v) is 14.3. The van der Waals surface area contributed by atoms with E-state index in [1.807, 2.05) is 78.9 Å². The van der Waals surface area contributed by atoms with E-state index in [9.17, 15) is 19.0 Å². The van der Waals surface area contributed by atoms with Crippen molar-refractivity contribution >= 4 is 31.3 Å². The first-order valence-electron chi connectivity index (χ1n) is 18.9. The first kappa shape index (κ1) is 43.1. The zero-order chi connectivity index (χ0) is 41.1. The Balaban J connectivity index is 0.000000811. The molecule has 4 atom stereocenters. The van der Waals surface area contributed by atoms with E-state index in [1.54, 1.807) is 28.1 Å². The Hall–Kier alpha value is -5.02. The summed E-state index contributed by atoms with van der Waals surface area (Å²) >= 11 is 0. The molecule has 1 amide bonds. The summed E-state index contributed by atoms with van der Waals surface area (Å²) in [4.78, 5) is 48.6. The van der Waals surface area contributed by atoms with E-state index in [2.05, 4.69) is 45.9 Å². The molecule has 2 aromatic heterocycles. The summed E-state index contributed by atoms with van der Waals surface area (Å²) < 4.78 is 43.2. The Kier molecular flexibility index (Phi) is 15.1. The highest BCUT2D eigenvalue weighted by atomic mass is 31.1. The van der Waals surface area contributed by atoms with Crippen molar-refractivity contribution in [2.75, 3.05) is 45.8 Å². The number of hydrogen-bond acceptors (Lipinski definition) is 11.